The van der Waals surface area contributed by atoms with E-state index in [1.165, 1.54) is 48.0 Å². The van der Waals surface area contributed by atoms with E-state index in [9.17, 15) is 9.59 Å². The molecule has 6 aliphatic rings. The summed E-state index contributed by atoms with van der Waals surface area (Å²) in [4.78, 5) is 24.7. The zero-order chi connectivity index (χ0) is 14.6. The second-order valence-corrected chi connectivity index (χ2v) is 8.66. The second kappa shape index (κ2) is 3.83. The number of carbonyl (C=O) groups is 2. The van der Waals surface area contributed by atoms with E-state index in [1.807, 2.05) is 0 Å². The molecule has 2 fully saturated rings. The highest BCUT2D eigenvalue weighted by Gasteiger charge is 2.61. The van der Waals surface area contributed by atoms with Gasteiger partial charge in [-0.15, -0.1) is 0 Å². The van der Waals surface area contributed by atoms with Gasteiger partial charge in [-0.05, 0) is 85.2 Å². The van der Waals surface area contributed by atoms with E-state index in [4.69, 9.17) is 0 Å². The summed E-state index contributed by atoms with van der Waals surface area (Å²) in [5.74, 6) is 5.03. The third-order valence-corrected chi connectivity index (χ3v) is 7.99. The highest BCUT2D eigenvalue weighted by molar-refractivity contribution is 6.01. The molecule has 0 bridgehead atoms. The Kier molecular flexibility index (Phi) is 2.14. The van der Waals surface area contributed by atoms with Crippen LogP contribution in [0.3, 0.4) is 0 Å². The lowest BCUT2D eigenvalue weighted by molar-refractivity contribution is -0.116. The van der Waals surface area contributed by atoms with Crippen LogP contribution in [-0.4, -0.2) is 11.6 Å². The van der Waals surface area contributed by atoms with Crippen molar-refractivity contribution in [3.8, 4) is 0 Å². The SMILES string of the molecule is O=C1CCC2=C1C1C(C2)CC2C1CC1CC3=C(C(=O)CC3)C12. The molecule has 2 saturated carbocycles. The molecule has 0 amide bonds. The van der Waals surface area contributed by atoms with Gasteiger partial charge in [0.15, 0.2) is 11.6 Å². The first-order chi connectivity index (χ1) is 10.7. The Morgan fingerprint density at radius 1 is 0.636 bits per heavy atom. The molecule has 6 aliphatic carbocycles. The van der Waals surface area contributed by atoms with Gasteiger partial charge in [0.2, 0.25) is 0 Å². The minimum Gasteiger partial charge on any atom is -0.295 e. The molecule has 6 rings (SSSR count). The minimum atomic E-state index is 0.469. The fourth-order valence-corrected chi connectivity index (χ4v) is 7.55. The van der Waals surface area contributed by atoms with Crippen molar-refractivity contribution < 1.29 is 9.59 Å². The maximum atomic E-state index is 12.3. The molecule has 6 unspecified atom stereocenters. The summed E-state index contributed by atoms with van der Waals surface area (Å²) in [6, 6.07) is 0. The lowest BCUT2D eigenvalue weighted by atomic mass is 9.82. The zero-order valence-corrected chi connectivity index (χ0v) is 12.9. The van der Waals surface area contributed by atoms with Gasteiger partial charge in [0, 0.05) is 12.8 Å². The molecule has 2 heteroatoms. The van der Waals surface area contributed by atoms with Crippen molar-refractivity contribution in [3.63, 3.8) is 0 Å². The molecular weight excluding hydrogens is 272 g/mol. The molecule has 0 aliphatic heterocycles. The molecule has 0 N–H and O–H groups in total. The molecule has 22 heavy (non-hydrogen) atoms. The van der Waals surface area contributed by atoms with Gasteiger partial charge >= 0.3 is 0 Å². The van der Waals surface area contributed by atoms with Crippen molar-refractivity contribution in [2.24, 2.45) is 35.5 Å². The van der Waals surface area contributed by atoms with Gasteiger partial charge in [0.05, 0.1) is 0 Å². The maximum absolute atomic E-state index is 12.3. The average molecular weight is 294 g/mol. The molecule has 2 nitrogen and oxygen atoms in total. The number of carbonyl (C=O) groups excluding carboxylic acids is 2. The number of rotatable bonds is 0. The van der Waals surface area contributed by atoms with E-state index >= 15 is 0 Å². The average Bonchev–Trinajstić information content (AvgIpc) is 3.22. The van der Waals surface area contributed by atoms with Crippen LogP contribution in [0.5, 0.6) is 0 Å². The van der Waals surface area contributed by atoms with Crippen LogP contribution in [0.2, 0.25) is 0 Å². The summed E-state index contributed by atoms with van der Waals surface area (Å²) >= 11 is 0. The summed E-state index contributed by atoms with van der Waals surface area (Å²) in [5, 5.41) is 0. The van der Waals surface area contributed by atoms with E-state index in [2.05, 4.69) is 0 Å². The summed E-state index contributed by atoms with van der Waals surface area (Å²) in [6.07, 6.45) is 8.67. The fourth-order valence-electron chi connectivity index (χ4n) is 7.55. The molecule has 0 aromatic heterocycles. The predicted octanol–water partition coefficient (Wildman–Crippen LogP) is 3.62. The Balaban J connectivity index is 1.39. The zero-order valence-electron chi connectivity index (χ0n) is 12.9. The maximum Gasteiger partial charge on any atom is 0.159 e. The minimum absolute atomic E-state index is 0.469. The van der Waals surface area contributed by atoms with Crippen molar-refractivity contribution in [2.75, 3.05) is 0 Å². The van der Waals surface area contributed by atoms with Gasteiger partial charge < -0.3 is 0 Å². The number of hydrogen-bond donors (Lipinski definition) is 0. The van der Waals surface area contributed by atoms with Gasteiger partial charge in [-0.25, -0.2) is 0 Å². The summed E-state index contributed by atoms with van der Waals surface area (Å²) < 4.78 is 0. The Morgan fingerprint density at radius 3 is 1.55 bits per heavy atom. The number of allylic oxidation sites excluding steroid dienone is 4. The Morgan fingerprint density at radius 2 is 1.09 bits per heavy atom. The molecule has 0 radical (unpaired) electrons. The third-order valence-electron chi connectivity index (χ3n) is 7.99. The Hall–Kier alpha value is -1.18. The van der Waals surface area contributed by atoms with Crippen molar-refractivity contribution in [3.05, 3.63) is 22.3 Å². The quantitative estimate of drug-likeness (QED) is 0.684. The first-order valence-corrected chi connectivity index (χ1v) is 9.22. The molecule has 0 aromatic carbocycles. The lowest BCUT2D eigenvalue weighted by Gasteiger charge is -2.21. The van der Waals surface area contributed by atoms with E-state index < -0.39 is 0 Å². The monoisotopic (exact) mass is 294 g/mol. The van der Waals surface area contributed by atoms with Gasteiger partial charge in [-0.2, -0.15) is 0 Å². The highest BCUT2D eigenvalue weighted by Crippen LogP contribution is 2.67. The van der Waals surface area contributed by atoms with Gasteiger partial charge in [-0.3, -0.25) is 9.59 Å². The third kappa shape index (κ3) is 1.26. The molecule has 6 atom stereocenters. The van der Waals surface area contributed by atoms with Crippen molar-refractivity contribution in [2.45, 2.75) is 51.4 Å². The van der Waals surface area contributed by atoms with Crippen LogP contribution in [0.1, 0.15) is 51.4 Å². The Bertz CT molecular complexity index is 634. The van der Waals surface area contributed by atoms with Crippen LogP contribution in [0.25, 0.3) is 0 Å². The van der Waals surface area contributed by atoms with Crippen LogP contribution in [0.4, 0.5) is 0 Å². The van der Waals surface area contributed by atoms with Gasteiger partial charge in [0.25, 0.3) is 0 Å². The van der Waals surface area contributed by atoms with E-state index in [0.717, 1.165) is 49.4 Å². The standard InChI is InChI=1S/C20H22O2/c21-15-3-1-9-5-11-7-14-13(17(11)19(9)15)8-12-6-10-2-4-16(22)20(10)18(12)14/h11-14,17-18H,1-8H2. The van der Waals surface area contributed by atoms with E-state index in [1.54, 1.807) is 0 Å². The Labute approximate surface area is 131 Å². The molecule has 0 aromatic rings. The summed E-state index contributed by atoms with van der Waals surface area (Å²) in [7, 11) is 0. The number of Topliss-reactive ketones (excluding diaryl/α,β-unsaturated/α-hetero) is 2. The highest BCUT2D eigenvalue weighted by atomic mass is 16.1. The lowest BCUT2D eigenvalue weighted by Crippen LogP contribution is -2.19. The molecule has 0 heterocycles. The molecular formula is C20H22O2. The topological polar surface area (TPSA) is 34.1 Å². The molecule has 0 spiro atoms. The smallest absolute Gasteiger partial charge is 0.159 e. The van der Waals surface area contributed by atoms with Gasteiger partial charge in [-0.1, -0.05) is 11.1 Å². The normalized spacial score (nSPS) is 48.2. The first-order valence-electron chi connectivity index (χ1n) is 9.22. The van der Waals surface area contributed by atoms with Crippen LogP contribution in [-0.2, 0) is 9.59 Å². The number of ketones is 2. The number of fused-ring (bicyclic) bond motifs is 7. The van der Waals surface area contributed by atoms with Crippen molar-refractivity contribution >= 4 is 11.6 Å². The van der Waals surface area contributed by atoms with Crippen molar-refractivity contribution in [1.82, 2.24) is 0 Å². The van der Waals surface area contributed by atoms with Crippen LogP contribution in [0, 0.1) is 35.5 Å². The molecule has 0 saturated heterocycles. The first kappa shape index (κ1) is 12.3. The predicted molar refractivity (Wildman–Crippen MR) is 81.9 cm³/mol. The van der Waals surface area contributed by atoms with Crippen molar-refractivity contribution in [1.29, 1.82) is 0 Å². The van der Waals surface area contributed by atoms with E-state index in [-0.39, 0.29) is 0 Å². The van der Waals surface area contributed by atoms with Gasteiger partial charge in [0.1, 0.15) is 0 Å². The fraction of sp³-hybridized carbons (Fsp3) is 0.700. The van der Waals surface area contributed by atoms with Crippen LogP contribution < -0.4 is 0 Å². The van der Waals surface area contributed by atoms with Crippen LogP contribution in [0.15, 0.2) is 22.3 Å². The largest absolute Gasteiger partial charge is 0.295 e. The summed E-state index contributed by atoms with van der Waals surface area (Å²) in [5.41, 5.74) is 5.61. The number of hydrogen-bond acceptors (Lipinski definition) is 2. The van der Waals surface area contributed by atoms with Crippen LogP contribution >= 0.6 is 0 Å². The second-order valence-electron chi connectivity index (χ2n) is 8.66. The summed E-state index contributed by atoms with van der Waals surface area (Å²) in [6.45, 7) is 0. The molecule has 114 valence electrons. The van der Waals surface area contributed by atoms with E-state index in [0.29, 0.717) is 23.4 Å².